The zero-order valence-electron chi connectivity index (χ0n) is 6.28. The van der Waals surface area contributed by atoms with E-state index in [1.807, 2.05) is 0 Å². The summed E-state index contributed by atoms with van der Waals surface area (Å²) >= 11 is 0. The lowest BCUT2D eigenvalue weighted by atomic mass is 9.99. The number of allylic oxidation sites excluding steroid dienone is 1. The Morgan fingerprint density at radius 1 is 1.67 bits per heavy atom. The van der Waals surface area contributed by atoms with Gasteiger partial charge in [0.05, 0.1) is 0 Å². The maximum Gasteiger partial charge on any atom is 0.0250 e. The van der Waals surface area contributed by atoms with Crippen LogP contribution >= 0.6 is 0 Å². The fourth-order valence-corrected chi connectivity index (χ4v) is 1.35. The fraction of sp³-hybridized carbons (Fsp3) is 0.750. The maximum atomic E-state index is 3.41. The van der Waals surface area contributed by atoms with Gasteiger partial charge in [0.1, 0.15) is 0 Å². The van der Waals surface area contributed by atoms with Gasteiger partial charge in [0.15, 0.2) is 0 Å². The molecular weight excluding hydrogens is 110 g/mol. The van der Waals surface area contributed by atoms with Crippen LogP contribution < -0.4 is 5.32 Å². The molecule has 1 nitrogen and oxygen atoms in total. The van der Waals surface area contributed by atoms with Gasteiger partial charge in [-0.3, -0.25) is 0 Å². The monoisotopic (exact) mass is 125 g/mol. The molecule has 1 heterocycles. The SMILES string of the molecule is C/C=C1\CCCNC1C. The Kier molecular flexibility index (Phi) is 2.29. The second-order valence-corrected chi connectivity index (χ2v) is 2.64. The Morgan fingerprint density at radius 2 is 2.44 bits per heavy atom. The van der Waals surface area contributed by atoms with Crippen LogP contribution in [0.5, 0.6) is 0 Å². The van der Waals surface area contributed by atoms with Gasteiger partial charge in [-0.15, -0.1) is 0 Å². The lowest BCUT2D eigenvalue weighted by Gasteiger charge is -2.22. The zero-order chi connectivity index (χ0) is 6.69. The molecule has 0 aliphatic carbocycles. The predicted octanol–water partition coefficient (Wildman–Crippen LogP) is 1.70. The molecule has 0 aromatic carbocycles. The average molecular weight is 125 g/mol. The summed E-state index contributed by atoms with van der Waals surface area (Å²) in [5.74, 6) is 0. The van der Waals surface area contributed by atoms with Crippen molar-refractivity contribution in [1.82, 2.24) is 5.32 Å². The van der Waals surface area contributed by atoms with Crippen LogP contribution in [0.25, 0.3) is 0 Å². The topological polar surface area (TPSA) is 12.0 Å². The molecule has 1 atom stereocenters. The van der Waals surface area contributed by atoms with Crippen LogP contribution in [0.1, 0.15) is 26.7 Å². The van der Waals surface area contributed by atoms with Crippen molar-refractivity contribution in [3.05, 3.63) is 11.6 Å². The zero-order valence-corrected chi connectivity index (χ0v) is 6.28. The molecule has 0 aromatic rings. The van der Waals surface area contributed by atoms with E-state index < -0.39 is 0 Å². The summed E-state index contributed by atoms with van der Waals surface area (Å²) in [5, 5.41) is 3.41. The van der Waals surface area contributed by atoms with Crippen molar-refractivity contribution in [2.45, 2.75) is 32.7 Å². The van der Waals surface area contributed by atoms with Crippen LogP contribution in [-0.2, 0) is 0 Å². The van der Waals surface area contributed by atoms with Gasteiger partial charge in [-0.25, -0.2) is 0 Å². The fourth-order valence-electron chi connectivity index (χ4n) is 1.35. The molecule has 9 heavy (non-hydrogen) atoms. The first-order valence-electron chi connectivity index (χ1n) is 3.73. The minimum Gasteiger partial charge on any atom is -0.311 e. The van der Waals surface area contributed by atoms with Gasteiger partial charge in [-0.05, 0) is 33.2 Å². The number of rotatable bonds is 0. The summed E-state index contributed by atoms with van der Waals surface area (Å²) in [7, 11) is 0. The largest absolute Gasteiger partial charge is 0.311 e. The minimum absolute atomic E-state index is 0.628. The van der Waals surface area contributed by atoms with Gasteiger partial charge in [-0.2, -0.15) is 0 Å². The second-order valence-electron chi connectivity index (χ2n) is 2.64. The van der Waals surface area contributed by atoms with Gasteiger partial charge < -0.3 is 5.32 Å². The van der Waals surface area contributed by atoms with Crippen molar-refractivity contribution >= 4 is 0 Å². The summed E-state index contributed by atoms with van der Waals surface area (Å²) in [5.41, 5.74) is 1.57. The van der Waals surface area contributed by atoms with Crippen molar-refractivity contribution in [1.29, 1.82) is 0 Å². The quantitative estimate of drug-likeness (QED) is 0.486. The molecule has 1 aliphatic heterocycles. The average Bonchev–Trinajstić information content (AvgIpc) is 1.89. The van der Waals surface area contributed by atoms with Gasteiger partial charge >= 0.3 is 0 Å². The third kappa shape index (κ3) is 1.55. The Bertz CT molecular complexity index is 116. The van der Waals surface area contributed by atoms with Gasteiger partial charge in [0.25, 0.3) is 0 Å². The lowest BCUT2D eigenvalue weighted by molar-refractivity contribution is 0.516. The summed E-state index contributed by atoms with van der Waals surface area (Å²) in [6, 6.07) is 0.628. The highest BCUT2D eigenvalue weighted by Crippen LogP contribution is 2.13. The molecule has 0 radical (unpaired) electrons. The van der Waals surface area contributed by atoms with Crippen LogP contribution in [0, 0.1) is 0 Å². The van der Waals surface area contributed by atoms with Crippen molar-refractivity contribution < 1.29 is 0 Å². The summed E-state index contributed by atoms with van der Waals surface area (Å²) < 4.78 is 0. The van der Waals surface area contributed by atoms with E-state index in [4.69, 9.17) is 0 Å². The van der Waals surface area contributed by atoms with Gasteiger partial charge in [-0.1, -0.05) is 11.6 Å². The Hall–Kier alpha value is -0.300. The van der Waals surface area contributed by atoms with Gasteiger partial charge in [0.2, 0.25) is 0 Å². The standard InChI is InChI=1S/C8H15N/c1-3-8-5-4-6-9-7(8)2/h3,7,9H,4-6H2,1-2H3/b8-3+. The number of hydrogen-bond donors (Lipinski definition) is 1. The van der Waals surface area contributed by atoms with Crippen LogP contribution in [-0.4, -0.2) is 12.6 Å². The first kappa shape index (κ1) is 6.81. The van der Waals surface area contributed by atoms with Crippen LogP contribution in [0.3, 0.4) is 0 Å². The van der Waals surface area contributed by atoms with Crippen molar-refractivity contribution in [3.63, 3.8) is 0 Å². The maximum absolute atomic E-state index is 3.41. The smallest absolute Gasteiger partial charge is 0.0250 e. The number of nitrogens with one attached hydrogen (secondary N) is 1. The molecule has 1 heteroatoms. The van der Waals surface area contributed by atoms with E-state index in [1.165, 1.54) is 19.4 Å². The third-order valence-corrected chi connectivity index (χ3v) is 2.02. The normalized spacial score (nSPS) is 33.1. The van der Waals surface area contributed by atoms with E-state index in [1.54, 1.807) is 5.57 Å². The molecule has 52 valence electrons. The molecule has 0 amide bonds. The van der Waals surface area contributed by atoms with Crippen LogP contribution in [0.15, 0.2) is 11.6 Å². The number of piperidine rings is 1. The third-order valence-electron chi connectivity index (χ3n) is 2.02. The molecule has 0 saturated carbocycles. The van der Waals surface area contributed by atoms with E-state index in [-0.39, 0.29) is 0 Å². The Morgan fingerprint density at radius 3 is 2.89 bits per heavy atom. The summed E-state index contributed by atoms with van der Waals surface area (Å²) in [4.78, 5) is 0. The Labute approximate surface area is 57.1 Å². The highest BCUT2D eigenvalue weighted by atomic mass is 14.9. The molecule has 1 aliphatic rings. The highest BCUT2D eigenvalue weighted by molar-refractivity contribution is 5.10. The molecular formula is C8H15N. The van der Waals surface area contributed by atoms with Gasteiger partial charge in [0, 0.05) is 6.04 Å². The molecule has 0 spiro atoms. The summed E-state index contributed by atoms with van der Waals surface area (Å²) in [6.07, 6.45) is 4.84. The lowest BCUT2D eigenvalue weighted by Crippen LogP contribution is -2.33. The highest BCUT2D eigenvalue weighted by Gasteiger charge is 2.10. The minimum atomic E-state index is 0.628. The first-order valence-corrected chi connectivity index (χ1v) is 3.73. The van der Waals surface area contributed by atoms with E-state index in [0.717, 1.165) is 0 Å². The molecule has 1 N–H and O–H groups in total. The Balaban J connectivity index is 2.49. The molecule has 1 unspecified atom stereocenters. The van der Waals surface area contributed by atoms with Crippen molar-refractivity contribution in [2.24, 2.45) is 0 Å². The first-order chi connectivity index (χ1) is 4.34. The second kappa shape index (κ2) is 3.02. The van der Waals surface area contributed by atoms with Crippen LogP contribution in [0.2, 0.25) is 0 Å². The molecule has 1 saturated heterocycles. The molecule has 1 fully saturated rings. The molecule has 0 aromatic heterocycles. The number of hydrogen-bond acceptors (Lipinski definition) is 1. The molecule has 0 bridgehead atoms. The van der Waals surface area contributed by atoms with Crippen LogP contribution in [0.4, 0.5) is 0 Å². The van der Waals surface area contributed by atoms with Crippen molar-refractivity contribution in [2.75, 3.05) is 6.54 Å². The van der Waals surface area contributed by atoms with E-state index in [9.17, 15) is 0 Å². The van der Waals surface area contributed by atoms with Crippen molar-refractivity contribution in [3.8, 4) is 0 Å². The van der Waals surface area contributed by atoms with E-state index in [2.05, 4.69) is 25.2 Å². The predicted molar refractivity (Wildman–Crippen MR) is 40.5 cm³/mol. The summed E-state index contributed by atoms with van der Waals surface area (Å²) in [6.45, 7) is 5.55. The van der Waals surface area contributed by atoms with E-state index in [0.29, 0.717) is 6.04 Å². The molecule has 1 rings (SSSR count). The van der Waals surface area contributed by atoms with E-state index >= 15 is 0 Å².